The van der Waals surface area contributed by atoms with Crippen molar-refractivity contribution in [1.29, 1.82) is 0 Å². The summed E-state index contributed by atoms with van der Waals surface area (Å²) in [5.41, 5.74) is 4.25. The van der Waals surface area contributed by atoms with Crippen molar-refractivity contribution in [2.24, 2.45) is 0 Å². The van der Waals surface area contributed by atoms with E-state index in [0.29, 0.717) is 0 Å². The van der Waals surface area contributed by atoms with E-state index in [1.54, 1.807) is 14.2 Å². The molecule has 0 spiro atoms. The number of hydrogen-bond donors (Lipinski definition) is 1. The summed E-state index contributed by atoms with van der Waals surface area (Å²) in [6.07, 6.45) is 1.11. The molecule has 4 heteroatoms. The number of anilines is 1. The van der Waals surface area contributed by atoms with E-state index in [-0.39, 0.29) is 0 Å². The van der Waals surface area contributed by atoms with Gasteiger partial charge in [-0.15, -0.1) is 0 Å². The van der Waals surface area contributed by atoms with Crippen LogP contribution in [-0.4, -0.2) is 39.6 Å². The molecular weight excluding hydrogens is 228 g/mol. The van der Waals surface area contributed by atoms with Crippen LogP contribution in [0.5, 0.6) is 0 Å². The molecule has 0 unspecified atom stereocenters. The Morgan fingerprint density at radius 3 is 2.72 bits per heavy atom. The Hall–Kier alpha value is -1.10. The fraction of sp³-hybridized carbons (Fsp3) is 0.571. The first-order chi connectivity index (χ1) is 8.78. The zero-order valence-corrected chi connectivity index (χ0v) is 11.0. The van der Waals surface area contributed by atoms with Crippen molar-refractivity contribution in [3.8, 4) is 0 Å². The summed E-state index contributed by atoms with van der Waals surface area (Å²) in [5, 5.41) is 3.41. The van der Waals surface area contributed by atoms with E-state index in [2.05, 4.69) is 28.4 Å². The van der Waals surface area contributed by atoms with Crippen LogP contribution >= 0.6 is 0 Å². The second-order valence-corrected chi connectivity index (χ2v) is 5.02. The molecule has 98 valence electrons. The van der Waals surface area contributed by atoms with Gasteiger partial charge in [-0.05, 0) is 30.2 Å². The van der Waals surface area contributed by atoms with E-state index in [1.165, 1.54) is 16.8 Å². The van der Waals surface area contributed by atoms with E-state index in [0.717, 1.165) is 32.6 Å². The zero-order valence-electron chi connectivity index (χ0n) is 11.0. The van der Waals surface area contributed by atoms with Gasteiger partial charge in [0, 0.05) is 26.5 Å². The summed E-state index contributed by atoms with van der Waals surface area (Å²) in [7, 11) is 3.43. The minimum atomic E-state index is -0.407. The summed E-state index contributed by atoms with van der Waals surface area (Å²) in [6, 6.07) is 6.56. The van der Waals surface area contributed by atoms with Crippen LogP contribution in [-0.2, 0) is 22.4 Å². The first-order valence-corrected chi connectivity index (χ1v) is 6.45. The Morgan fingerprint density at radius 1 is 1.22 bits per heavy atom. The lowest BCUT2D eigenvalue weighted by molar-refractivity contribution is -0.219. The van der Waals surface area contributed by atoms with Crippen molar-refractivity contribution in [3.63, 3.8) is 0 Å². The van der Waals surface area contributed by atoms with Crippen molar-refractivity contribution >= 4 is 5.69 Å². The fourth-order valence-electron chi connectivity index (χ4n) is 2.86. The van der Waals surface area contributed by atoms with E-state index in [4.69, 9.17) is 9.47 Å². The maximum absolute atomic E-state index is 5.44. The number of methoxy groups -OCH3 is 2. The van der Waals surface area contributed by atoms with Gasteiger partial charge in [-0.25, -0.2) is 0 Å². The number of ether oxygens (including phenoxy) is 2. The molecule has 0 saturated carbocycles. The van der Waals surface area contributed by atoms with Crippen LogP contribution in [0.4, 0.5) is 5.69 Å². The van der Waals surface area contributed by atoms with Gasteiger partial charge in [0.1, 0.15) is 0 Å². The quantitative estimate of drug-likeness (QED) is 0.813. The van der Waals surface area contributed by atoms with Crippen molar-refractivity contribution in [2.45, 2.75) is 18.8 Å². The Balaban J connectivity index is 1.82. The van der Waals surface area contributed by atoms with Crippen LogP contribution in [0.25, 0.3) is 0 Å². The molecule has 0 aromatic heterocycles. The topological polar surface area (TPSA) is 33.7 Å². The van der Waals surface area contributed by atoms with Crippen molar-refractivity contribution in [1.82, 2.24) is 5.32 Å². The monoisotopic (exact) mass is 248 g/mol. The number of benzene rings is 1. The number of rotatable bonds is 3. The fourth-order valence-corrected chi connectivity index (χ4v) is 2.86. The minimum Gasteiger partial charge on any atom is -0.360 e. The van der Waals surface area contributed by atoms with Gasteiger partial charge < -0.3 is 19.7 Å². The van der Waals surface area contributed by atoms with Crippen molar-refractivity contribution in [2.75, 3.05) is 38.8 Å². The first kappa shape index (κ1) is 12.0. The van der Waals surface area contributed by atoms with Gasteiger partial charge in [-0.2, -0.15) is 0 Å². The van der Waals surface area contributed by atoms with Gasteiger partial charge in [-0.1, -0.05) is 12.1 Å². The predicted octanol–water partition coefficient (Wildman–Crippen LogP) is 1.14. The Kier molecular flexibility index (Phi) is 3.01. The van der Waals surface area contributed by atoms with Gasteiger partial charge in [0.15, 0.2) is 0 Å². The first-order valence-electron chi connectivity index (χ1n) is 6.45. The zero-order chi connectivity index (χ0) is 12.6. The maximum atomic E-state index is 5.44. The largest absolute Gasteiger partial charge is 0.360 e. The highest BCUT2D eigenvalue weighted by atomic mass is 16.7. The third kappa shape index (κ3) is 1.81. The lowest BCUT2D eigenvalue weighted by atomic mass is 9.95. The summed E-state index contributed by atoms with van der Waals surface area (Å²) in [6.45, 7) is 3.67. The van der Waals surface area contributed by atoms with E-state index in [1.807, 2.05) is 0 Å². The van der Waals surface area contributed by atoms with Gasteiger partial charge in [-0.3, -0.25) is 0 Å². The minimum absolute atomic E-state index is 0.407. The van der Waals surface area contributed by atoms with Crippen molar-refractivity contribution < 1.29 is 9.47 Å². The molecule has 2 aliphatic rings. The molecule has 0 aliphatic carbocycles. The average molecular weight is 248 g/mol. The number of nitrogens with zero attached hydrogens (tertiary/aromatic N) is 1. The third-order valence-electron chi connectivity index (χ3n) is 4.06. The molecule has 0 atom stereocenters. The van der Waals surface area contributed by atoms with Crippen LogP contribution in [0.3, 0.4) is 0 Å². The Morgan fingerprint density at radius 2 is 2.00 bits per heavy atom. The summed E-state index contributed by atoms with van der Waals surface area (Å²) in [4.78, 5) is 2.34. The third-order valence-corrected chi connectivity index (χ3v) is 4.06. The Labute approximate surface area is 108 Å². The molecule has 18 heavy (non-hydrogen) atoms. The van der Waals surface area contributed by atoms with Crippen LogP contribution < -0.4 is 10.2 Å². The summed E-state index contributed by atoms with van der Waals surface area (Å²) in [5.74, 6) is -0.407. The molecule has 1 saturated heterocycles. The van der Waals surface area contributed by atoms with Gasteiger partial charge in [0.2, 0.25) is 5.79 Å². The van der Waals surface area contributed by atoms with Crippen molar-refractivity contribution in [3.05, 3.63) is 29.3 Å². The highest BCUT2D eigenvalue weighted by Gasteiger charge is 2.44. The average Bonchev–Trinajstić information content (AvgIpc) is 2.39. The highest BCUT2D eigenvalue weighted by molar-refractivity contribution is 5.60. The SMILES string of the molecule is COC1(OC)CN(c2cccc3c2CCNC3)C1. The van der Waals surface area contributed by atoms with Gasteiger partial charge in [0.05, 0.1) is 13.1 Å². The van der Waals surface area contributed by atoms with E-state index in [9.17, 15) is 0 Å². The second kappa shape index (κ2) is 4.53. The normalized spacial score (nSPS) is 21.3. The van der Waals surface area contributed by atoms with Crippen LogP contribution in [0.15, 0.2) is 18.2 Å². The molecule has 2 heterocycles. The van der Waals surface area contributed by atoms with Crippen LogP contribution in [0.2, 0.25) is 0 Å². The Bertz CT molecular complexity index is 435. The molecule has 1 aromatic rings. The molecule has 1 N–H and O–H groups in total. The molecule has 0 radical (unpaired) electrons. The van der Waals surface area contributed by atoms with E-state index < -0.39 is 5.79 Å². The standard InChI is InChI=1S/C14H20N2O2/c1-17-14(18-2)9-16(10-14)13-5-3-4-11-8-15-7-6-12(11)13/h3-5,15H,6-10H2,1-2H3. The van der Waals surface area contributed by atoms with E-state index >= 15 is 0 Å². The maximum Gasteiger partial charge on any atom is 0.203 e. The summed E-state index contributed by atoms with van der Waals surface area (Å²) >= 11 is 0. The number of nitrogens with one attached hydrogen (secondary N) is 1. The molecule has 3 rings (SSSR count). The smallest absolute Gasteiger partial charge is 0.203 e. The van der Waals surface area contributed by atoms with Gasteiger partial charge >= 0.3 is 0 Å². The number of fused-ring (bicyclic) bond motifs is 1. The molecular formula is C14H20N2O2. The lowest BCUT2D eigenvalue weighted by Crippen LogP contribution is -2.64. The molecule has 1 fully saturated rings. The molecule has 2 aliphatic heterocycles. The molecule has 1 aromatic carbocycles. The van der Waals surface area contributed by atoms with Crippen LogP contribution in [0.1, 0.15) is 11.1 Å². The molecule has 0 amide bonds. The van der Waals surface area contributed by atoms with Gasteiger partial charge in [0.25, 0.3) is 0 Å². The highest BCUT2D eigenvalue weighted by Crippen LogP contribution is 2.34. The predicted molar refractivity (Wildman–Crippen MR) is 70.8 cm³/mol. The molecule has 4 nitrogen and oxygen atoms in total. The molecule has 0 bridgehead atoms. The number of hydrogen-bond acceptors (Lipinski definition) is 4. The lowest BCUT2D eigenvalue weighted by Gasteiger charge is -2.49. The van der Waals surface area contributed by atoms with Crippen LogP contribution in [0, 0.1) is 0 Å². The second-order valence-electron chi connectivity index (χ2n) is 5.02. The summed E-state index contributed by atoms with van der Waals surface area (Å²) < 4.78 is 10.9.